The number of ether oxygens (including phenoxy) is 1. The molecule has 0 saturated heterocycles. The second kappa shape index (κ2) is 18.5. The first-order valence-corrected chi connectivity index (χ1v) is 10.5. The molecule has 0 aliphatic rings. The van der Waals surface area contributed by atoms with Crippen LogP contribution in [0.3, 0.4) is 0 Å². The van der Waals surface area contributed by atoms with Crippen LogP contribution in [-0.4, -0.2) is 13.1 Å². The van der Waals surface area contributed by atoms with E-state index in [4.69, 9.17) is 4.74 Å². The standard InChI is InChI=1S/C22H42O2/c1-4-6-8-9-10-11-12-13-14-15-16-18-20-21(22(23)24-3)19-17-7-5-2/h19H,4-18,20H2,1-3H3. The minimum atomic E-state index is -0.130. The molecule has 0 spiro atoms. The van der Waals surface area contributed by atoms with Gasteiger partial charge in [-0.15, -0.1) is 0 Å². The van der Waals surface area contributed by atoms with E-state index in [0.29, 0.717) is 0 Å². The molecule has 0 saturated carbocycles. The smallest absolute Gasteiger partial charge is 0.333 e. The summed E-state index contributed by atoms with van der Waals surface area (Å²) in [7, 11) is 1.48. The maximum absolute atomic E-state index is 11.7. The van der Waals surface area contributed by atoms with Crippen LogP contribution in [-0.2, 0) is 9.53 Å². The number of hydrogen-bond acceptors (Lipinski definition) is 2. The highest BCUT2D eigenvalue weighted by molar-refractivity contribution is 5.88. The predicted octanol–water partition coefficient (Wildman–Crippen LogP) is 7.37. The molecule has 0 aliphatic carbocycles. The third kappa shape index (κ3) is 14.8. The molecule has 0 fully saturated rings. The molecule has 2 nitrogen and oxygen atoms in total. The van der Waals surface area contributed by atoms with Gasteiger partial charge in [-0.3, -0.25) is 0 Å². The highest BCUT2D eigenvalue weighted by Crippen LogP contribution is 2.16. The molecule has 0 heterocycles. The van der Waals surface area contributed by atoms with Crippen molar-refractivity contribution in [1.29, 1.82) is 0 Å². The van der Waals surface area contributed by atoms with Crippen LogP contribution in [0, 0.1) is 0 Å². The van der Waals surface area contributed by atoms with Crippen molar-refractivity contribution in [3.05, 3.63) is 11.6 Å². The predicted molar refractivity (Wildman–Crippen MR) is 105 cm³/mol. The van der Waals surface area contributed by atoms with Gasteiger partial charge in [0.2, 0.25) is 0 Å². The van der Waals surface area contributed by atoms with E-state index < -0.39 is 0 Å². The van der Waals surface area contributed by atoms with E-state index in [1.54, 1.807) is 0 Å². The average molecular weight is 339 g/mol. The van der Waals surface area contributed by atoms with Crippen molar-refractivity contribution in [3.63, 3.8) is 0 Å². The number of rotatable bonds is 17. The molecule has 2 heteroatoms. The summed E-state index contributed by atoms with van der Waals surface area (Å²) in [6, 6.07) is 0. The summed E-state index contributed by atoms with van der Waals surface area (Å²) < 4.78 is 4.89. The summed E-state index contributed by atoms with van der Waals surface area (Å²) in [5.41, 5.74) is 0.887. The minimum absolute atomic E-state index is 0.130. The maximum Gasteiger partial charge on any atom is 0.333 e. The Balaban J connectivity index is 3.54. The molecule has 0 unspecified atom stereocenters. The van der Waals surface area contributed by atoms with E-state index in [0.717, 1.165) is 31.3 Å². The molecule has 24 heavy (non-hydrogen) atoms. The van der Waals surface area contributed by atoms with E-state index in [2.05, 4.69) is 19.9 Å². The molecule has 0 aromatic heterocycles. The normalized spacial score (nSPS) is 11.7. The zero-order chi connectivity index (χ0) is 17.9. The Hall–Kier alpha value is -0.790. The van der Waals surface area contributed by atoms with Crippen molar-refractivity contribution in [2.75, 3.05) is 7.11 Å². The number of methoxy groups -OCH3 is 1. The Labute approximate surface area is 151 Å². The number of carbonyl (C=O) groups excluding carboxylic acids is 1. The molecule has 0 amide bonds. The summed E-state index contributed by atoms with van der Waals surface area (Å²) in [6.45, 7) is 4.45. The summed E-state index contributed by atoms with van der Waals surface area (Å²) in [4.78, 5) is 11.7. The van der Waals surface area contributed by atoms with Gasteiger partial charge in [0.25, 0.3) is 0 Å². The number of allylic oxidation sites excluding steroid dienone is 1. The molecular weight excluding hydrogens is 296 g/mol. The lowest BCUT2D eigenvalue weighted by atomic mass is 10.0. The molecule has 0 rings (SSSR count). The molecule has 0 aromatic carbocycles. The fraction of sp³-hybridized carbons (Fsp3) is 0.864. The number of unbranched alkanes of at least 4 members (excludes halogenated alkanes) is 13. The van der Waals surface area contributed by atoms with Gasteiger partial charge in [0.15, 0.2) is 0 Å². The fourth-order valence-corrected chi connectivity index (χ4v) is 3.06. The van der Waals surface area contributed by atoms with Gasteiger partial charge in [-0.25, -0.2) is 4.79 Å². The van der Waals surface area contributed by atoms with Crippen molar-refractivity contribution in [1.82, 2.24) is 0 Å². The second-order valence-corrected chi connectivity index (χ2v) is 7.00. The van der Waals surface area contributed by atoms with Crippen LogP contribution in [0.2, 0.25) is 0 Å². The number of esters is 1. The highest BCUT2D eigenvalue weighted by Gasteiger charge is 2.08. The molecule has 0 atom stereocenters. The van der Waals surface area contributed by atoms with Gasteiger partial charge in [-0.05, 0) is 19.3 Å². The summed E-state index contributed by atoms with van der Waals surface area (Å²) >= 11 is 0. The lowest BCUT2D eigenvalue weighted by molar-refractivity contribution is -0.136. The Morgan fingerprint density at radius 1 is 0.708 bits per heavy atom. The number of hydrogen-bond donors (Lipinski definition) is 0. The van der Waals surface area contributed by atoms with Gasteiger partial charge in [0.1, 0.15) is 0 Å². The first kappa shape index (κ1) is 23.2. The zero-order valence-corrected chi connectivity index (χ0v) is 16.7. The van der Waals surface area contributed by atoms with Gasteiger partial charge in [0.05, 0.1) is 7.11 Å². The summed E-state index contributed by atoms with van der Waals surface area (Å²) in [5, 5.41) is 0. The van der Waals surface area contributed by atoms with Crippen LogP contribution >= 0.6 is 0 Å². The van der Waals surface area contributed by atoms with Crippen LogP contribution in [0.15, 0.2) is 11.6 Å². The Kier molecular flexibility index (Phi) is 17.9. The molecule has 0 aromatic rings. The molecule has 0 aliphatic heterocycles. The van der Waals surface area contributed by atoms with Gasteiger partial charge in [-0.1, -0.05) is 103 Å². The van der Waals surface area contributed by atoms with E-state index in [1.807, 2.05) is 0 Å². The quantitative estimate of drug-likeness (QED) is 0.157. The van der Waals surface area contributed by atoms with Crippen molar-refractivity contribution in [3.8, 4) is 0 Å². The van der Waals surface area contributed by atoms with Gasteiger partial charge in [0, 0.05) is 5.57 Å². The topological polar surface area (TPSA) is 26.3 Å². The van der Waals surface area contributed by atoms with Crippen molar-refractivity contribution < 1.29 is 9.53 Å². The number of carbonyl (C=O) groups is 1. The van der Waals surface area contributed by atoms with Crippen molar-refractivity contribution in [2.45, 2.75) is 117 Å². The van der Waals surface area contributed by atoms with Crippen LogP contribution in [0.5, 0.6) is 0 Å². The van der Waals surface area contributed by atoms with Crippen LogP contribution in [0.25, 0.3) is 0 Å². The molecule has 142 valence electrons. The molecular formula is C22H42O2. The van der Waals surface area contributed by atoms with Gasteiger partial charge >= 0.3 is 5.97 Å². The first-order valence-electron chi connectivity index (χ1n) is 10.5. The Bertz CT molecular complexity index is 307. The van der Waals surface area contributed by atoms with E-state index in [1.165, 1.54) is 84.2 Å². The monoisotopic (exact) mass is 338 g/mol. The van der Waals surface area contributed by atoms with E-state index >= 15 is 0 Å². The Morgan fingerprint density at radius 2 is 1.17 bits per heavy atom. The average Bonchev–Trinajstić information content (AvgIpc) is 2.60. The van der Waals surface area contributed by atoms with Crippen molar-refractivity contribution in [2.24, 2.45) is 0 Å². The third-order valence-electron chi connectivity index (χ3n) is 4.70. The minimum Gasteiger partial charge on any atom is -0.466 e. The van der Waals surface area contributed by atoms with Crippen LogP contribution in [0.1, 0.15) is 117 Å². The SMILES string of the molecule is CCCCC=C(CCCCCCCCCCCCCC)C(=O)OC. The largest absolute Gasteiger partial charge is 0.466 e. The van der Waals surface area contributed by atoms with Gasteiger partial charge in [-0.2, -0.15) is 0 Å². The Morgan fingerprint density at radius 3 is 1.62 bits per heavy atom. The molecule has 0 radical (unpaired) electrons. The summed E-state index contributed by atoms with van der Waals surface area (Å²) in [6.07, 6.45) is 22.5. The first-order chi connectivity index (χ1) is 11.8. The highest BCUT2D eigenvalue weighted by atomic mass is 16.5. The summed E-state index contributed by atoms with van der Waals surface area (Å²) in [5.74, 6) is -0.130. The second-order valence-electron chi connectivity index (χ2n) is 7.00. The maximum atomic E-state index is 11.7. The fourth-order valence-electron chi connectivity index (χ4n) is 3.06. The van der Waals surface area contributed by atoms with E-state index in [9.17, 15) is 4.79 Å². The van der Waals surface area contributed by atoms with Crippen molar-refractivity contribution >= 4 is 5.97 Å². The lowest BCUT2D eigenvalue weighted by Crippen LogP contribution is -2.05. The molecule has 0 N–H and O–H groups in total. The third-order valence-corrected chi connectivity index (χ3v) is 4.70. The van der Waals surface area contributed by atoms with E-state index in [-0.39, 0.29) is 5.97 Å². The molecule has 0 bridgehead atoms. The lowest BCUT2D eigenvalue weighted by Gasteiger charge is -2.06. The van der Waals surface area contributed by atoms with Crippen LogP contribution < -0.4 is 0 Å². The van der Waals surface area contributed by atoms with Crippen LogP contribution in [0.4, 0.5) is 0 Å². The van der Waals surface area contributed by atoms with Gasteiger partial charge < -0.3 is 4.74 Å². The zero-order valence-electron chi connectivity index (χ0n) is 16.7.